The van der Waals surface area contributed by atoms with E-state index in [1.807, 2.05) is 19.1 Å². The van der Waals surface area contributed by atoms with Gasteiger partial charge >= 0.3 is 12.0 Å². The third-order valence-electron chi connectivity index (χ3n) is 6.90. The van der Waals surface area contributed by atoms with Gasteiger partial charge in [0.15, 0.2) is 5.75 Å². The smallest absolute Gasteiger partial charge is 0.422 e. The Kier molecular flexibility index (Phi) is 7.19. The SMILES string of the molecule is CSNc1ccc(C(=O)N2CCc3c(c(=O)oc4c(C)c(N5CCNCC5)ccc34)C2)cc1OC(F)(F)F. The quantitative estimate of drug-likeness (QED) is 0.361. The second-order valence-corrected chi connectivity index (χ2v) is 9.82. The standard InChI is InChI=1S/C26H27F3N4O4S/c1-15-21(32-11-8-30-9-12-32)6-4-18-17-7-10-33(14-19(17)25(35)36-23(15)18)24(34)16-3-5-20(31-38-2)22(13-16)37-26(27,28)29/h3-6,13,30-31H,7-12,14H2,1-2H3. The molecule has 8 nitrogen and oxygen atoms in total. The lowest BCUT2D eigenvalue weighted by molar-refractivity contribution is -0.274. The number of anilines is 2. The summed E-state index contributed by atoms with van der Waals surface area (Å²) in [5.41, 5.74) is 3.33. The van der Waals surface area contributed by atoms with Crippen LogP contribution in [0.1, 0.15) is 27.0 Å². The fourth-order valence-corrected chi connectivity index (χ4v) is 5.50. The number of fused-ring (bicyclic) bond motifs is 3. The van der Waals surface area contributed by atoms with Crippen LogP contribution in [-0.2, 0) is 13.0 Å². The fraction of sp³-hybridized carbons (Fsp3) is 0.385. The van der Waals surface area contributed by atoms with Gasteiger partial charge in [-0.05, 0) is 49.2 Å². The Morgan fingerprint density at radius 1 is 1.13 bits per heavy atom. The summed E-state index contributed by atoms with van der Waals surface area (Å²) in [6, 6.07) is 7.88. The third kappa shape index (κ3) is 5.14. The number of aryl methyl sites for hydroxylation is 1. The van der Waals surface area contributed by atoms with E-state index in [-0.39, 0.29) is 17.8 Å². The van der Waals surface area contributed by atoms with Crippen LogP contribution in [-0.4, -0.2) is 56.1 Å². The second kappa shape index (κ2) is 10.4. The molecule has 0 aliphatic carbocycles. The molecule has 38 heavy (non-hydrogen) atoms. The minimum Gasteiger partial charge on any atom is -0.422 e. The molecular formula is C26H27F3N4O4S. The van der Waals surface area contributed by atoms with Crippen molar-refractivity contribution < 1.29 is 27.1 Å². The molecule has 0 saturated carbocycles. The summed E-state index contributed by atoms with van der Waals surface area (Å²) in [6.45, 7) is 5.76. The highest BCUT2D eigenvalue weighted by Crippen LogP contribution is 2.35. The van der Waals surface area contributed by atoms with Gasteiger partial charge in [0.05, 0.1) is 17.8 Å². The summed E-state index contributed by atoms with van der Waals surface area (Å²) < 4.78 is 51.5. The van der Waals surface area contributed by atoms with Crippen LogP contribution in [0.3, 0.4) is 0 Å². The maximum absolute atomic E-state index is 13.3. The summed E-state index contributed by atoms with van der Waals surface area (Å²) in [7, 11) is 0. The predicted molar refractivity (Wildman–Crippen MR) is 141 cm³/mol. The van der Waals surface area contributed by atoms with Crippen molar-refractivity contribution in [3.8, 4) is 5.75 Å². The van der Waals surface area contributed by atoms with Crippen LogP contribution < -0.4 is 25.3 Å². The number of ether oxygens (including phenoxy) is 1. The van der Waals surface area contributed by atoms with Crippen LogP contribution in [0.25, 0.3) is 11.0 Å². The van der Waals surface area contributed by atoms with Crippen molar-refractivity contribution in [3.63, 3.8) is 0 Å². The van der Waals surface area contributed by atoms with E-state index in [4.69, 9.17) is 4.42 Å². The van der Waals surface area contributed by atoms with Gasteiger partial charge in [0.2, 0.25) is 0 Å². The first kappa shape index (κ1) is 26.2. The molecule has 0 radical (unpaired) electrons. The first-order chi connectivity index (χ1) is 18.2. The highest BCUT2D eigenvalue weighted by Gasteiger charge is 2.33. The minimum atomic E-state index is -4.91. The Hall–Kier alpha value is -3.38. The number of piperazine rings is 1. The zero-order valence-corrected chi connectivity index (χ0v) is 21.7. The van der Waals surface area contributed by atoms with Gasteiger partial charge < -0.3 is 29.0 Å². The average molecular weight is 549 g/mol. The summed E-state index contributed by atoms with van der Waals surface area (Å²) in [5, 5.41) is 4.17. The number of nitrogens with zero attached hydrogens (tertiary/aromatic N) is 2. The first-order valence-corrected chi connectivity index (χ1v) is 13.4. The Labute approximate surface area is 221 Å². The number of hydrogen-bond acceptors (Lipinski definition) is 8. The van der Waals surface area contributed by atoms with E-state index in [1.54, 1.807) is 6.26 Å². The minimum absolute atomic E-state index is 0.00527. The molecule has 0 unspecified atom stereocenters. The molecule has 2 N–H and O–H groups in total. The maximum atomic E-state index is 13.3. The van der Waals surface area contributed by atoms with Crippen LogP contribution in [0.4, 0.5) is 24.5 Å². The number of hydrogen-bond donors (Lipinski definition) is 2. The lowest BCUT2D eigenvalue weighted by atomic mass is 9.95. The monoisotopic (exact) mass is 548 g/mol. The maximum Gasteiger partial charge on any atom is 0.573 e. The topological polar surface area (TPSA) is 87.1 Å². The van der Waals surface area contributed by atoms with Crippen molar-refractivity contribution in [1.82, 2.24) is 10.2 Å². The van der Waals surface area contributed by atoms with E-state index in [2.05, 4.69) is 19.7 Å². The molecule has 0 spiro atoms. The van der Waals surface area contributed by atoms with Crippen molar-refractivity contribution >= 4 is 40.2 Å². The zero-order chi connectivity index (χ0) is 27.0. The largest absolute Gasteiger partial charge is 0.573 e. The van der Waals surface area contributed by atoms with Crippen LogP contribution in [0.5, 0.6) is 5.75 Å². The number of alkyl halides is 3. The van der Waals surface area contributed by atoms with Crippen molar-refractivity contribution in [2.24, 2.45) is 0 Å². The van der Waals surface area contributed by atoms with Crippen molar-refractivity contribution in [1.29, 1.82) is 0 Å². The van der Waals surface area contributed by atoms with Gasteiger partial charge in [-0.1, -0.05) is 11.9 Å². The van der Waals surface area contributed by atoms with Gasteiger partial charge in [-0.2, -0.15) is 0 Å². The fourth-order valence-electron chi connectivity index (χ4n) is 5.12. The normalized spacial score (nSPS) is 15.9. The molecule has 1 amide bonds. The summed E-state index contributed by atoms with van der Waals surface area (Å²) in [5.74, 6) is -1.00. The van der Waals surface area contributed by atoms with Crippen LogP contribution in [0, 0.1) is 6.92 Å². The number of benzene rings is 2. The van der Waals surface area contributed by atoms with Crippen molar-refractivity contribution in [3.05, 3.63) is 63.0 Å². The highest BCUT2D eigenvalue weighted by atomic mass is 32.2. The molecule has 3 heterocycles. The van der Waals surface area contributed by atoms with Gasteiger partial charge in [0.1, 0.15) is 5.58 Å². The Morgan fingerprint density at radius 3 is 2.61 bits per heavy atom. The molecule has 12 heteroatoms. The lowest BCUT2D eigenvalue weighted by Crippen LogP contribution is -2.43. The summed E-state index contributed by atoms with van der Waals surface area (Å²) >= 11 is 1.10. The van der Waals surface area contributed by atoms with Crippen LogP contribution in [0.15, 0.2) is 39.5 Å². The summed E-state index contributed by atoms with van der Waals surface area (Å²) in [4.78, 5) is 30.0. The number of nitrogens with one attached hydrogen (secondary N) is 2. The molecule has 202 valence electrons. The molecule has 2 aromatic carbocycles. The van der Waals surface area contributed by atoms with E-state index in [0.29, 0.717) is 24.1 Å². The molecule has 2 aliphatic rings. The van der Waals surface area contributed by atoms with E-state index in [1.165, 1.54) is 17.0 Å². The number of carbonyl (C=O) groups is 1. The van der Waals surface area contributed by atoms with E-state index in [9.17, 15) is 22.8 Å². The second-order valence-electron chi connectivity index (χ2n) is 9.21. The van der Waals surface area contributed by atoms with Gasteiger partial charge in [-0.15, -0.1) is 13.2 Å². The zero-order valence-electron chi connectivity index (χ0n) is 20.9. The molecule has 5 rings (SSSR count). The summed E-state index contributed by atoms with van der Waals surface area (Å²) in [6.07, 6.45) is -2.83. The number of amides is 1. The van der Waals surface area contributed by atoms with Gasteiger partial charge in [-0.3, -0.25) is 4.79 Å². The van der Waals surface area contributed by atoms with E-state index in [0.717, 1.165) is 66.4 Å². The molecule has 1 fully saturated rings. The molecule has 0 atom stereocenters. The Balaban J connectivity index is 1.44. The predicted octanol–water partition coefficient (Wildman–Crippen LogP) is 4.30. The number of halogens is 3. The van der Waals surface area contributed by atoms with Crippen LogP contribution >= 0.6 is 11.9 Å². The Morgan fingerprint density at radius 2 is 1.89 bits per heavy atom. The van der Waals surface area contributed by atoms with Gasteiger partial charge in [0, 0.05) is 61.2 Å². The molecule has 1 saturated heterocycles. The van der Waals surface area contributed by atoms with E-state index >= 15 is 0 Å². The number of rotatable bonds is 5. The molecule has 1 aromatic heterocycles. The average Bonchev–Trinajstić information content (AvgIpc) is 2.89. The van der Waals surface area contributed by atoms with Crippen molar-refractivity contribution in [2.45, 2.75) is 26.3 Å². The van der Waals surface area contributed by atoms with Gasteiger partial charge in [-0.25, -0.2) is 4.79 Å². The van der Waals surface area contributed by atoms with Crippen molar-refractivity contribution in [2.75, 3.05) is 48.6 Å². The third-order valence-corrected chi connectivity index (χ3v) is 7.32. The van der Waals surface area contributed by atoms with E-state index < -0.39 is 23.6 Å². The first-order valence-electron chi connectivity index (χ1n) is 12.2. The molecule has 2 aliphatic heterocycles. The lowest BCUT2D eigenvalue weighted by Gasteiger charge is -2.32. The Bertz CT molecular complexity index is 1440. The van der Waals surface area contributed by atoms with Crippen LogP contribution in [0.2, 0.25) is 0 Å². The molecule has 3 aromatic rings. The number of carbonyl (C=O) groups excluding carboxylic acids is 1. The molecular weight excluding hydrogens is 521 g/mol. The highest BCUT2D eigenvalue weighted by molar-refractivity contribution is 7.99. The van der Waals surface area contributed by atoms with Gasteiger partial charge in [0.25, 0.3) is 5.91 Å². The molecule has 0 bridgehead atoms.